The lowest BCUT2D eigenvalue weighted by Gasteiger charge is -1.82. The third-order valence-electron chi connectivity index (χ3n) is 1.43. The maximum Gasteiger partial charge on any atom is 0.433 e. The predicted molar refractivity (Wildman–Crippen MR) is 53.8 cm³/mol. The molecular weight excluding hydrogens is 200 g/mol. The van der Waals surface area contributed by atoms with Crippen LogP contribution in [0.5, 0.6) is 0 Å². The molecule has 0 aliphatic heterocycles. The summed E-state index contributed by atoms with van der Waals surface area (Å²) in [6.45, 7) is 0. The first-order chi connectivity index (χ1) is 7.24. The Balaban J connectivity index is 2.61. The van der Waals surface area contributed by atoms with Gasteiger partial charge in [-0.05, 0) is 18.2 Å². The maximum atomic E-state index is 10.3. The average molecular weight is 208 g/mol. The first-order valence-corrected chi connectivity index (χ1v) is 3.99. The molecule has 0 fully saturated rings. The van der Waals surface area contributed by atoms with Gasteiger partial charge in [-0.2, -0.15) is 0 Å². The lowest BCUT2D eigenvalue weighted by atomic mass is 10.4. The van der Waals surface area contributed by atoms with Crippen molar-refractivity contribution in [3.63, 3.8) is 0 Å². The van der Waals surface area contributed by atoms with Crippen molar-refractivity contribution in [2.45, 2.75) is 0 Å². The van der Waals surface area contributed by atoms with Crippen molar-refractivity contribution >= 4 is 18.2 Å². The molecule has 0 bridgehead atoms. The fraction of sp³-hybridized carbons (Fsp3) is 0. The molecule has 6 heteroatoms. The molecule has 0 atom stereocenters. The van der Waals surface area contributed by atoms with Gasteiger partial charge in [0, 0.05) is 0 Å². The minimum absolute atomic E-state index is 0.296. The molecule has 0 spiro atoms. The summed E-state index contributed by atoms with van der Waals surface area (Å²) in [6.07, 6.45) is 7.43. The summed E-state index contributed by atoms with van der Waals surface area (Å²) >= 11 is 0. The van der Waals surface area contributed by atoms with Crippen LogP contribution in [0.15, 0.2) is 39.9 Å². The molecule has 0 unspecified atom stereocenters. The quantitative estimate of drug-likeness (QED) is 0.270. The van der Waals surface area contributed by atoms with Gasteiger partial charge in [-0.25, -0.2) is 0 Å². The Bertz CT molecular complexity index is 418. The number of oxime groups is 1. The summed E-state index contributed by atoms with van der Waals surface area (Å²) < 4.78 is 4.85. The van der Waals surface area contributed by atoms with E-state index in [4.69, 9.17) is 9.62 Å². The number of allylic oxidation sites excluding steroid dienone is 3. The van der Waals surface area contributed by atoms with Gasteiger partial charge in [0.05, 0.1) is 12.3 Å². The van der Waals surface area contributed by atoms with Crippen LogP contribution in [0, 0.1) is 10.1 Å². The highest BCUT2D eigenvalue weighted by Gasteiger charge is 2.09. The highest BCUT2D eigenvalue weighted by molar-refractivity contribution is 5.71. The fourth-order valence-electron chi connectivity index (χ4n) is 0.833. The van der Waals surface area contributed by atoms with Crippen LogP contribution in [0.3, 0.4) is 0 Å². The number of hydrogen-bond donors (Lipinski definition) is 1. The molecule has 15 heavy (non-hydrogen) atoms. The molecule has 1 rings (SSSR count). The summed E-state index contributed by atoms with van der Waals surface area (Å²) in [5.74, 6) is 0.0860. The van der Waals surface area contributed by atoms with E-state index in [0.29, 0.717) is 5.76 Å². The first-order valence-electron chi connectivity index (χ1n) is 3.99. The molecule has 1 N–H and O–H groups in total. The number of rotatable bonds is 4. The molecule has 0 radical (unpaired) electrons. The second-order valence-corrected chi connectivity index (χ2v) is 2.44. The Kier molecular flexibility index (Phi) is 3.84. The number of hydrogen-bond acceptors (Lipinski definition) is 5. The Hall–Kier alpha value is -2.37. The van der Waals surface area contributed by atoms with E-state index >= 15 is 0 Å². The Morgan fingerprint density at radius 1 is 1.40 bits per heavy atom. The average Bonchev–Trinajstić information content (AvgIpc) is 2.66. The van der Waals surface area contributed by atoms with Crippen LogP contribution in [-0.4, -0.2) is 16.3 Å². The molecular formula is C9H8N2O4. The highest BCUT2D eigenvalue weighted by Crippen LogP contribution is 2.16. The molecule has 1 aromatic heterocycles. The molecule has 0 saturated heterocycles. The van der Waals surface area contributed by atoms with E-state index in [2.05, 4.69) is 5.16 Å². The third-order valence-corrected chi connectivity index (χ3v) is 1.43. The Morgan fingerprint density at radius 3 is 2.80 bits per heavy atom. The normalized spacial score (nSPS) is 12.0. The Labute approximate surface area is 85.0 Å². The molecule has 0 aliphatic carbocycles. The number of nitrogens with zero attached hydrogens (tertiary/aromatic N) is 2. The molecule has 78 valence electrons. The van der Waals surface area contributed by atoms with Crippen molar-refractivity contribution in [3.8, 4) is 0 Å². The van der Waals surface area contributed by atoms with Crippen molar-refractivity contribution in [2.24, 2.45) is 5.16 Å². The lowest BCUT2D eigenvalue weighted by molar-refractivity contribution is -0.402. The lowest BCUT2D eigenvalue weighted by Crippen LogP contribution is -1.82. The zero-order valence-electron chi connectivity index (χ0n) is 7.61. The maximum absolute atomic E-state index is 10.3. The van der Waals surface area contributed by atoms with E-state index in [1.54, 1.807) is 18.2 Å². The predicted octanol–water partition coefficient (Wildman–Crippen LogP) is 2.22. The van der Waals surface area contributed by atoms with Crippen molar-refractivity contribution in [1.29, 1.82) is 0 Å². The topological polar surface area (TPSA) is 88.9 Å². The van der Waals surface area contributed by atoms with E-state index in [9.17, 15) is 10.1 Å². The zero-order chi connectivity index (χ0) is 11.1. The molecule has 0 amide bonds. The smallest absolute Gasteiger partial charge is 0.411 e. The first kappa shape index (κ1) is 10.7. The van der Waals surface area contributed by atoms with Gasteiger partial charge >= 0.3 is 5.88 Å². The van der Waals surface area contributed by atoms with Gasteiger partial charge in [0.15, 0.2) is 0 Å². The van der Waals surface area contributed by atoms with E-state index in [1.165, 1.54) is 24.4 Å². The van der Waals surface area contributed by atoms with E-state index in [0.717, 1.165) is 0 Å². The summed E-state index contributed by atoms with van der Waals surface area (Å²) in [7, 11) is 0. The molecule has 6 nitrogen and oxygen atoms in total. The molecule has 1 heterocycles. The van der Waals surface area contributed by atoms with E-state index in [1.807, 2.05) is 0 Å². The van der Waals surface area contributed by atoms with Crippen LogP contribution in [0.4, 0.5) is 5.88 Å². The van der Waals surface area contributed by atoms with E-state index < -0.39 is 4.92 Å². The summed E-state index contributed by atoms with van der Waals surface area (Å²) in [4.78, 5) is 9.65. The van der Waals surface area contributed by atoms with Gasteiger partial charge in [-0.3, -0.25) is 10.1 Å². The van der Waals surface area contributed by atoms with Crippen LogP contribution in [0.2, 0.25) is 0 Å². The van der Waals surface area contributed by atoms with Gasteiger partial charge in [0.1, 0.15) is 10.7 Å². The van der Waals surface area contributed by atoms with Gasteiger partial charge < -0.3 is 9.62 Å². The van der Waals surface area contributed by atoms with Crippen LogP contribution < -0.4 is 0 Å². The standard InChI is InChI=1S/C9H8N2O4/c12-10-7-3-1-2-4-8-5-6-9(15-8)11(13)14/h1-7,12H. The Morgan fingerprint density at radius 2 is 2.20 bits per heavy atom. The summed E-state index contributed by atoms with van der Waals surface area (Å²) in [6, 6.07) is 2.77. The molecule has 0 aliphatic rings. The highest BCUT2D eigenvalue weighted by atomic mass is 16.6. The summed E-state index contributed by atoms with van der Waals surface area (Å²) in [5.41, 5.74) is 0. The second kappa shape index (κ2) is 5.38. The van der Waals surface area contributed by atoms with Crippen molar-refractivity contribution in [1.82, 2.24) is 0 Å². The molecule has 0 aromatic carbocycles. The third kappa shape index (κ3) is 3.47. The SMILES string of the molecule is O=[N+]([O-])c1ccc(C=CC=CC=NO)o1. The molecule has 1 aromatic rings. The second-order valence-electron chi connectivity index (χ2n) is 2.44. The van der Waals surface area contributed by atoms with Gasteiger partial charge in [0.2, 0.25) is 0 Å². The van der Waals surface area contributed by atoms with Crippen molar-refractivity contribution < 1.29 is 14.5 Å². The van der Waals surface area contributed by atoms with Crippen LogP contribution in [0.1, 0.15) is 5.76 Å². The molecule has 0 saturated carbocycles. The van der Waals surface area contributed by atoms with Gasteiger partial charge in [0.25, 0.3) is 0 Å². The largest absolute Gasteiger partial charge is 0.433 e. The van der Waals surface area contributed by atoms with Crippen molar-refractivity contribution in [2.75, 3.05) is 0 Å². The van der Waals surface area contributed by atoms with Gasteiger partial charge in [-0.15, -0.1) is 0 Å². The van der Waals surface area contributed by atoms with Crippen molar-refractivity contribution in [3.05, 3.63) is 46.2 Å². The van der Waals surface area contributed by atoms with Crippen LogP contribution >= 0.6 is 0 Å². The number of furan rings is 1. The van der Waals surface area contributed by atoms with E-state index in [-0.39, 0.29) is 5.88 Å². The minimum Gasteiger partial charge on any atom is -0.411 e. The van der Waals surface area contributed by atoms with Crippen LogP contribution in [-0.2, 0) is 0 Å². The monoisotopic (exact) mass is 208 g/mol. The minimum atomic E-state index is -0.606. The fourth-order valence-corrected chi connectivity index (χ4v) is 0.833. The summed E-state index contributed by atoms with van der Waals surface area (Å²) in [5, 5.41) is 21.1. The van der Waals surface area contributed by atoms with Crippen LogP contribution in [0.25, 0.3) is 6.08 Å². The van der Waals surface area contributed by atoms with Gasteiger partial charge in [-0.1, -0.05) is 17.3 Å². The number of nitro groups is 1. The zero-order valence-corrected chi connectivity index (χ0v) is 7.61.